The average Bonchev–Trinajstić information content (AvgIpc) is 2.93. The zero-order valence-corrected chi connectivity index (χ0v) is 22.6. The van der Waals surface area contributed by atoms with Crippen LogP contribution in [0, 0.1) is 5.82 Å². The molecule has 1 aliphatic rings. The fourth-order valence-electron chi connectivity index (χ4n) is 4.38. The number of benzene rings is 3. The molecular formula is C30H32ClFN2O5. The largest absolute Gasteiger partial charge is 0.493 e. The van der Waals surface area contributed by atoms with Gasteiger partial charge < -0.3 is 24.0 Å². The smallest absolute Gasteiger partial charge is 0.226 e. The van der Waals surface area contributed by atoms with Gasteiger partial charge in [-0.05, 0) is 42.0 Å². The lowest BCUT2D eigenvalue weighted by Crippen LogP contribution is -2.58. The van der Waals surface area contributed by atoms with E-state index < -0.39 is 11.4 Å². The summed E-state index contributed by atoms with van der Waals surface area (Å²) in [5.41, 5.74) is -0.0293. The van der Waals surface area contributed by atoms with Gasteiger partial charge in [-0.25, -0.2) is 4.39 Å². The summed E-state index contributed by atoms with van der Waals surface area (Å²) < 4.78 is 31.2. The third-order valence-corrected chi connectivity index (χ3v) is 6.71. The van der Waals surface area contributed by atoms with E-state index >= 15 is 0 Å². The van der Waals surface area contributed by atoms with Crippen LogP contribution in [0.25, 0.3) is 0 Å². The Kier molecular flexibility index (Phi) is 9.79. The number of morpholine rings is 1. The normalized spacial score (nSPS) is 16.9. The highest BCUT2D eigenvalue weighted by molar-refractivity contribution is 6.30. The van der Waals surface area contributed by atoms with Crippen molar-refractivity contribution >= 4 is 23.4 Å². The molecule has 3 aromatic carbocycles. The number of carbonyl (C=O) groups is 2. The predicted molar refractivity (Wildman–Crippen MR) is 146 cm³/mol. The summed E-state index contributed by atoms with van der Waals surface area (Å²) >= 11 is 6.00. The molecule has 0 saturated carbocycles. The van der Waals surface area contributed by atoms with Crippen LogP contribution in [0.3, 0.4) is 0 Å². The Bertz CT molecular complexity index is 1240. The average molecular weight is 555 g/mol. The highest BCUT2D eigenvalue weighted by Crippen LogP contribution is 2.27. The van der Waals surface area contributed by atoms with Crippen molar-refractivity contribution in [2.75, 3.05) is 40.0 Å². The topological polar surface area (TPSA) is 68.3 Å². The van der Waals surface area contributed by atoms with Gasteiger partial charge in [-0.3, -0.25) is 9.59 Å². The molecule has 0 aliphatic carbocycles. The molecule has 4 rings (SSSR count). The molecule has 0 N–H and O–H groups in total. The van der Waals surface area contributed by atoms with Gasteiger partial charge >= 0.3 is 0 Å². The van der Waals surface area contributed by atoms with Crippen LogP contribution >= 0.6 is 11.6 Å². The molecule has 1 aliphatic heterocycles. The predicted octanol–water partition coefficient (Wildman–Crippen LogP) is 4.97. The van der Waals surface area contributed by atoms with Gasteiger partial charge in [0.2, 0.25) is 11.8 Å². The second kappa shape index (κ2) is 13.4. The van der Waals surface area contributed by atoms with Crippen molar-refractivity contribution in [2.24, 2.45) is 0 Å². The summed E-state index contributed by atoms with van der Waals surface area (Å²) in [5, 5.41) is 0.584. The van der Waals surface area contributed by atoms with Crippen LogP contribution in [0.2, 0.25) is 5.02 Å². The van der Waals surface area contributed by atoms with Crippen molar-refractivity contribution < 1.29 is 28.2 Å². The summed E-state index contributed by atoms with van der Waals surface area (Å²) in [5.74, 6) is 0.277. The van der Waals surface area contributed by atoms with Crippen LogP contribution in [0.5, 0.6) is 11.5 Å². The summed E-state index contributed by atoms with van der Waals surface area (Å²) in [6.45, 7) is 1.46. The van der Waals surface area contributed by atoms with Crippen molar-refractivity contribution in [2.45, 2.75) is 25.0 Å². The third kappa shape index (κ3) is 8.43. The first-order chi connectivity index (χ1) is 18.8. The number of hydrogen-bond acceptors (Lipinski definition) is 5. The Balaban J connectivity index is 1.42. The van der Waals surface area contributed by atoms with Crippen LogP contribution in [0.1, 0.15) is 18.4 Å². The van der Waals surface area contributed by atoms with Crippen LogP contribution in [-0.4, -0.2) is 67.2 Å². The van der Waals surface area contributed by atoms with E-state index in [9.17, 15) is 14.0 Å². The molecule has 2 amide bonds. The molecule has 39 heavy (non-hydrogen) atoms. The molecule has 206 valence electrons. The lowest BCUT2D eigenvalue weighted by atomic mass is 9.96. The van der Waals surface area contributed by atoms with Gasteiger partial charge in [0, 0.05) is 31.2 Å². The lowest BCUT2D eigenvalue weighted by molar-refractivity contribution is -0.165. The summed E-state index contributed by atoms with van der Waals surface area (Å²) in [6.07, 6.45) is 0.139. The quantitative estimate of drug-likeness (QED) is 0.335. The molecule has 0 spiro atoms. The molecule has 1 unspecified atom stereocenters. The summed E-state index contributed by atoms with van der Waals surface area (Å²) in [6, 6.07) is 22.4. The van der Waals surface area contributed by atoms with E-state index in [2.05, 4.69) is 0 Å². The van der Waals surface area contributed by atoms with Gasteiger partial charge in [-0.1, -0.05) is 48.0 Å². The molecule has 0 bridgehead atoms. The standard InChI is InChI=1S/C30H32ClFN2O5/c1-33(20-23-6-3-2-4-7-23)29(36)19-30(22-38-26-12-10-24(31)11-13-26)21-34(15-17-39-30)28(35)14-16-37-27-9-5-8-25(32)18-27/h2-13,18H,14-17,19-22H2,1H3. The zero-order chi connectivity index (χ0) is 27.7. The second-order valence-electron chi connectivity index (χ2n) is 9.56. The molecule has 7 nitrogen and oxygen atoms in total. The van der Waals surface area contributed by atoms with E-state index in [4.69, 9.17) is 25.8 Å². The van der Waals surface area contributed by atoms with Crippen LogP contribution in [0.15, 0.2) is 78.9 Å². The Morgan fingerprint density at radius 1 is 1.03 bits per heavy atom. The summed E-state index contributed by atoms with van der Waals surface area (Å²) in [4.78, 5) is 29.7. The van der Waals surface area contributed by atoms with Crippen molar-refractivity contribution in [3.8, 4) is 11.5 Å². The number of halogens is 2. The Hall–Kier alpha value is -3.62. The number of rotatable bonds is 11. The first-order valence-corrected chi connectivity index (χ1v) is 13.2. The molecule has 1 heterocycles. The molecule has 9 heteroatoms. The number of amides is 2. The minimum absolute atomic E-state index is 0.0352. The minimum atomic E-state index is -1.04. The van der Waals surface area contributed by atoms with Crippen molar-refractivity contribution in [1.82, 2.24) is 9.80 Å². The van der Waals surface area contributed by atoms with Gasteiger partial charge in [0.25, 0.3) is 0 Å². The summed E-state index contributed by atoms with van der Waals surface area (Å²) in [7, 11) is 1.75. The zero-order valence-electron chi connectivity index (χ0n) is 21.9. The number of carbonyl (C=O) groups excluding carboxylic acids is 2. The molecule has 1 atom stereocenters. The van der Waals surface area contributed by atoms with Gasteiger partial charge in [0.1, 0.15) is 29.5 Å². The minimum Gasteiger partial charge on any atom is -0.493 e. The maximum absolute atomic E-state index is 13.4. The number of hydrogen-bond donors (Lipinski definition) is 0. The molecule has 0 aromatic heterocycles. The van der Waals surface area contributed by atoms with Crippen LogP contribution in [0.4, 0.5) is 4.39 Å². The van der Waals surface area contributed by atoms with Gasteiger partial charge in [-0.2, -0.15) is 0 Å². The fraction of sp³-hybridized carbons (Fsp3) is 0.333. The van der Waals surface area contributed by atoms with Crippen molar-refractivity contribution in [1.29, 1.82) is 0 Å². The first kappa shape index (κ1) is 28.4. The van der Waals surface area contributed by atoms with Gasteiger partial charge in [-0.15, -0.1) is 0 Å². The second-order valence-corrected chi connectivity index (χ2v) is 9.99. The molecular weight excluding hydrogens is 523 g/mol. The van der Waals surface area contributed by atoms with E-state index in [1.165, 1.54) is 12.1 Å². The first-order valence-electron chi connectivity index (χ1n) is 12.8. The number of nitrogens with zero attached hydrogens (tertiary/aromatic N) is 2. The van der Waals surface area contributed by atoms with E-state index in [0.29, 0.717) is 29.6 Å². The third-order valence-electron chi connectivity index (χ3n) is 6.46. The highest BCUT2D eigenvalue weighted by atomic mass is 35.5. The molecule has 1 fully saturated rings. The Morgan fingerprint density at radius 3 is 2.54 bits per heavy atom. The monoisotopic (exact) mass is 554 g/mol. The molecule has 3 aromatic rings. The van der Waals surface area contributed by atoms with E-state index in [-0.39, 0.29) is 51.0 Å². The van der Waals surface area contributed by atoms with E-state index in [1.807, 2.05) is 30.3 Å². The van der Waals surface area contributed by atoms with E-state index in [1.54, 1.807) is 53.2 Å². The Labute approximate surface area is 233 Å². The molecule has 0 radical (unpaired) electrons. The number of ether oxygens (including phenoxy) is 3. The van der Waals surface area contributed by atoms with Gasteiger partial charge in [0.05, 0.1) is 32.6 Å². The SMILES string of the molecule is CN(Cc1ccccc1)C(=O)CC1(COc2ccc(Cl)cc2)CN(C(=O)CCOc2cccc(F)c2)CCO1. The van der Waals surface area contributed by atoms with Crippen LogP contribution in [-0.2, 0) is 20.9 Å². The highest BCUT2D eigenvalue weighted by Gasteiger charge is 2.42. The van der Waals surface area contributed by atoms with Crippen LogP contribution < -0.4 is 9.47 Å². The van der Waals surface area contributed by atoms with Gasteiger partial charge in [0.15, 0.2) is 0 Å². The van der Waals surface area contributed by atoms with Crippen molar-refractivity contribution in [3.05, 3.63) is 95.3 Å². The lowest BCUT2D eigenvalue weighted by Gasteiger charge is -2.42. The Morgan fingerprint density at radius 2 is 1.79 bits per heavy atom. The molecule has 1 saturated heterocycles. The van der Waals surface area contributed by atoms with E-state index in [0.717, 1.165) is 5.56 Å². The fourth-order valence-corrected chi connectivity index (χ4v) is 4.50. The van der Waals surface area contributed by atoms with Crippen molar-refractivity contribution in [3.63, 3.8) is 0 Å². The maximum Gasteiger partial charge on any atom is 0.226 e. The maximum atomic E-state index is 13.4.